The van der Waals surface area contributed by atoms with Crippen LogP contribution >= 0.6 is 0 Å². The van der Waals surface area contributed by atoms with Gasteiger partial charge in [-0.15, -0.1) is 0 Å². The summed E-state index contributed by atoms with van der Waals surface area (Å²) in [5, 5.41) is 0. The van der Waals surface area contributed by atoms with Gasteiger partial charge in [0.2, 0.25) is 0 Å². The summed E-state index contributed by atoms with van der Waals surface area (Å²) in [6.45, 7) is 4.72. The lowest BCUT2D eigenvalue weighted by Crippen LogP contribution is -2.12. The molecule has 1 aliphatic carbocycles. The average molecular weight is 182 g/mol. The first-order chi connectivity index (χ1) is 6.33. The van der Waals surface area contributed by atoms with E-state index >= 15 is 0 Å². The van der Waals surface area contributed by atoms with Crippen molar-refractivity contribution < 1.29 is 0 Å². The minimum absolute atomic E-state index is 1.02. The van der Waals surface area contributed by atoms with Crippen LogP contribution in [0.2, 0.25) is 0 Å². The second-order valence-electron chi connectivity index (χ2n) is 4.99. The molecule has 0 heterocycles. The van der Waals surface area contributed by atoms with E-state index in [1.54, 1.807) is 0 Å². The molecule has 0 unspecified atom stereocenters. The minimum atomic E-state index is 1.02. The maximum absolute atomic E-state index is 2.43. The lowest BCUT2D eigenvalue weighted by Gasteiger charge is -2.26. The number of hydrogen-bond donors (Lipinski definition) is 0. The van der Waals surface area contributed by atoms with Gasteiger partial charge in [0.25, 0.3) is 0 Å². The predicted octanol–water partition coefficient (Wildman–Crippen LogP) is 4.78. The second kappa shape index (κ2) is 6.45. The van der Waals surface area contributed by atoms with Crippen molar-refractivity contribution in [3.63, 3.8) is 0 Å². The summed E-state index contributed by atoms with van der Waals surface area (Å²) in [5.74, 6) is 2.10. The van der Waals surface area contributed by atoms with E-state index in [9.17, 15) is 0 Å². The van der Waals surface area contributed by atoms with E-state index in [2.05, 4.69) is 13.8 Å². The Morgan fingerprint density at radius 3 is 2.62 bits per heavy atom. The molecule has 0 bridgehead atoms. The van der Waals surface area contributed by atoms with Crippen LogP contribution in [0.3, 0.4) is 0 Å². The van der Waals surface area contributed by atoms with Gasteiger partial charge in [0, 0.05) is 0 Å². The summed E-state index contributed by atoms with van der Waals surface area (Å²) < 4.78 is 0. The largest absolute Gasteiger partial charge is 0.0654 e. The minimum Gasteiger partial charge on any atom is -0.0654 e. The zero-order valence-electron chi connectivity index (χ0n) is 9.52. The monoisotopic (exact) mass is 182 g/mol. The molecule has 1 rings (SSSR count). The maximum Gasteiger partial charge on any atom is -0.0412 e. The van der Waals surface area contributed by atoms with Gasteiger partial charge < -0.3 is 0 Å². The van der Waals surface area contributed by atoms with Gasteiger partial charge in [-0.3, -0.25) is 0 Å². The fourth-order valence-corrected chi connectivity index (χ4v) is 2.68. The molecule has 0 aromatic carbocycles. The highest BCUT2D eigenvalue weighted by Crippen LogP contribution is 2.31. The highest BCUT2D eigenvalue weighted by Gasteiger charge is 2.17. The molecule has 1 aliphatic rings. The van der Waals surface area contributed by atoms with Crippen molar-refractivity contribution in [3.8, 4) is 0 Å². The van der Waals surface area contributed by atoms with E-state index in [1.165, 1.54) is 57.8 Å². The molecule has 78 valence electrons. The molecule has 2 atom stereocenters. The number of unbranched alkanes of at least 4 members (excludes halogenated alkanes) is 3. The van der Waals surface area contributed by atoms with Crippen molar-refractivity contribution >= 4 is 0 Å². The SMILES string of the molecule is CCCCCC[C@H]1CCC[C@H](C)C1. The summed E-state index contributed by atoms with van der Waals surface area (Å²) in [5.41, 5.74) is 0. The average Bonchev–Trinajstić information content (AvgIpc) is 2.13. The Hall–Kier alpha value is 0. The van der Waals surface area contributed by atoms with Gasteiger partial charge in [-0.2, -0.15) is 0 Å². The molecular weight excluding hydrogens is 156 g/mol. The molecule has 0 aromatic heterocycles. The van der Waals surface area contributed by atoms with E-state index in [0.29, 0.717) is 0 Å². The Bertz CT molecular complexity index is 117. The number of rotatable bonds is 5. The first-order valence-corrected chi connectivity index (χ1v) is 6.33. The molecule has 0 aromatic rings. The third-order valence-electron chi connectivity index (χ3n) is 3.51. The summed E-state index contributed by atoms with van der Waals surface area (Å²) >= 11 is 0. The first-order valence-electron chi connectivity index (χ1n) is 6.33. The molecule has 0 amide bonds. The van der Waals surface area contributed by atoms with E-state index in [-0.39, 0.29) is 0 Å². The Labute approximate surface area is 84.1 Å². The fraction of sp³-hybridized carbons (Fsp3) is 1.00. The Morgan fingerprint density at radius 1 is 1.08 bits per heavy atom. The maximum atomic E-state index is 2.43. The van der Waals surface area contributed by atoms with Crippen molar-refractivity contribution in [2.75, 3.05) is 0 Å². The van der Waals surface area contributed by atoms with Crippen molar-refractivity contribution in [1.29, 1.82) is 0 Å². The van der Waals surface area contributed by atoms with Crippen molar-refractivity contribution in [1.82, 2.24) is 0 Å². The quantitative estimate of drug-likeness (QED) is 0.537. The van der Waals surface area contributed by atoms with Crippen LogP contribution in [0.1, 0.15) is 71.6 Å². The Balaban J connectivity index is 2.00. The highest BCUT2D eigenvalue weighted by molar-refractivity contribution is 4.70. The van der Waals surface area contributed by atoms with Gasteiger partial charge in [-0.05, 0) is 18.3 Å². The van der Waals surface area contributed by atoms with Crippen LogP contribution in [0.15, 0.2) is 0 Å². The van der Waals surface area contributed by atoms with E-state index < -0.39 is 0 Å². The summed E-state index contributed by atoms with van der Waals surface area (Å²) in [4.78, 5) is 0. The summed E-state index contributed by atoms with van der Waals surface area (Å²) in [6, 6.07) is 0. The van der Waals surface area contributed by atoms with Crippen LogP contribution < -0.4 is 0 Å². The first kappa shape index (κ1) is 11.1. The van der Waals surface area contributed by atoms with Gasteiger partial charge in [-0.1, -0.05) is 65.2 Å². The van der Waals surface area contributed by atoms with Crippen LogP contribution in [-0.2, 0) is 0 Å². The van der Waals surface area contributed by atoms with Crippen LogP contribution in [0, 0.1) is 11.8 Å². The third kappa shape index (κ3) is 4.69. The van der Waals surface area contributed by atoms with Gasteiger partial charge in [-0.25, -0.2) is 0 Å². The third-order valence-corrected chi connectivity index (χ3v) is 3.51. The van der Waals surface area contributed by atoms with E-state index in [0.717, 1.165) is 11.8 Å². The lowest BCUT2D eigenvalue weighted by atomic mass is 9.80. The van der Waals surface area contributed by atoms with Crippen molar-refractivity contribution in [2.24, 2.45) is 11.8 Å². The van der Waals surface area contributed by atoms with E-state index in [4.69, 9.17) is 0 Å². The molecule has 1 fully saturated rings. The highest BCUT2D eigenvalue weighted by atomic mass is 14.2. The Kier molecular flexibility index (Phi) is 5.50. The molecule has 0 saturated heterocycles. The van der Waals surface area contributed by atoms with Gasteiger partial charge in [0.05, 0.1) is 0 Å². The fourth-order valence-electron chi connectivity index (χ4n) is 2.68. The zero-order valence-corrected chi connectivity index (χ0v) is 9.52. The van der Waals surface area contributed by atoms with Crippen molar-refractivity contribution in [3.05, 3.63) is 0 Å². The molecule has 13 heavy (non-hydrogen) atoms. The normalized spacial score (nSPS) is 29.1. The summed E-state index contributed by atoms with van der Waals surface area (Å²) in [6.07, 6.45) is 13.3. The molecule has 0 heteroatoms. The topological polar surface area (TPSA) is 0 Å². The molecule has 1 saturated carbocycles. The van der Waals surface area contributed by atoms with Gasteiger partial charge in [0.1, 0.15) is 0 Å². The van der Waals surface area contributed by atoms with Crippen LogP contribution in [0.25, 0.3) is 0 Å². The predicted molar refractivity (Wildman–Crippen MR) is 59.9 cm³/mol. The second-order valence-corrected chi connectivity index (χ2v) is 4.99. The number of hydrogen-bond acceptors (Lipinski definition) is 0. The van der Waals surface area contributed by atoms with Crippen molar-refractivity contribution in [2.45, 2.75) is 71.6 Å². The lowest BCUT2D eigenvalue weighted by molar-refractivity contribution is 0.264. The molecule has 0 N–H and O–H groups in total. The Morgan fingerprint density at radius 2 is 1.92 bits per heavy atom. The smallest absolute Gasteiger partial charge is 0.0412 e. The van der Waals surface area contributed by atoms with Crippen LogP contribution in [0.5, 0.6) is 0 Å². The molecule has 0 radical (unpaired) electrons. The molecular formula is C13H26. The van der Waals surface area contributed by atoms with Crippen LogP contribution in [-0.4, -0.2) is 0 Å². The summed E-state index contributed by atoms with van der Waals surface area (Å²) in [7, 11) is 0. The van der Waals surface area contributed by atoms with E-state index in [1.807, 2.05) is 0 Å². The molecule has 0 aliphatic heterocycles. The van der Waals surface area contributed by atoms with Gasteiger partial charge in [0.15, 0.2) is 0 Å². The molecule has 0 spiro atoms. The van der Waals surface area contributed by atoms with Crippen LogP contribution in [0.4, 0.5) is 0 Å². The zero-order chi connectivity index (χ0) is 9.52. The van der Waals surface area contributed by atoms with Gasteiger partial charge >= 0.3 is 0 Å². The molecule has 0 nitrogen and oxygen atoms in total. The standard InChI is InChI=1S/C13H26/c1-3-4-5-6-9-13-10-7-8-12(2)11-13/h12-13H,3-11H2,1-2H3/t12-,13-/m0/s1.